The highest BCUT2D eigenvalue weighted by Gasteiger charge is 2.10. The van der Waals surface area contributed by atoms with Crippen molar-refractivity contribution in [1.82, 2.24) is 0 Å². The van der Waals surface area contributed by atoms with Gasteiger partial charge in [-0.15, -0.1) is 0 Å². The van der Waals surface area contributed by atoms with Crippen molar-refractivity contribution in [3.05, 3.63) is 0 Å². The van der Waals surface area contributed by atoms with E-state index in [4.69, 9.17) is 0 Å². The fourth-order valence-corrected chi connectivity index (χ4v) is 4.20. The molecule has 0 saturated carbocycles. The molecule has 1 atom stereocenters. The maximum Gasteiger partial charge on any atom is 0.133 e. The van der Waals surface area contributed by atoms with Crippen LogP contribution in [0.15, 0.2) is 0 Å². The van der Waals surface area contributed by atoms with Crippen molar-refractivity contribution in [1.29, 1.82) is 0 Å². The molecule has 0 radical (unpaired) electrons. The van der Waals surface area contributed by atoms with Gasteiger partial charge in [0.25, 0.3) is 0 Å². The first-order valence-corrected chi connectivity index (χ1v) is 9.66. The molecule has 4 heteroatoms. The average Bonchev–Trinajstić information content (AvgIpc) is 2.25. The van der Waals surface area contributed by atoms with Gasteiger partial charge in [0, 0.05) is 30.8 Å². The standard InChI is InChI=1S/C15H28O2S2/c1-12(2)7-9-19-18-8-5-6-15(17)11-13(3)10-14(4)16/h12-13H,5-11H2,1-4H3. The van der Waals surface area contributed by atoms with E-state index in [2.05, 4.69) is 13.8 Å². The first-order valence-electron chi connectivity index (χ1n) is 7.17. The van der Waals surface area contributed by atoms with Crippen LogP contribution in [0.5, 0.6) is 0 Å². The zero-order valence-corrected chi connectivity index (χ0v) is 14.4. The molecule has 0 aromatic heterocycles. The molecule has 0 N–H and O–H groups in total. The quantitative estimate of drug-likeness (QED) is 0.384. The van der Waals surface area contributed by atoms with Crippen LogP contribution in [0.25, 0.3) is 0 Å². The first-order chi connectivity index (χ1) is 8.91. The van der Waals surface area contributed by atoms with Gasteiger partial charge in [0.2, 0.25) is 0 Å². The van der Waals surface area contributed by atoms with Gasteiger partial charge in [0.05, 0.1) is 0 Å². The van der Waals surface area contributed by atoms with Crippen molar-refractivity contribution in [2.45, 2.75) is 59.8 Å². The normalized spacial score (nSPS) is 12.7. The minimum absolute atomic E-state index is 0.178. The van der Waals surface area contributed by atoms with E-state index in [9.17, 15) is 9.59 Å². The number of hydrogen-bond acceptors (Lipinski definition) is 4. The molecule has 0 bridgehead atoms. The molecule has 19 heavy (non-hydrogen) atoms. The van der Waals surface area contributed by atoms with Crippen molar-refractivity contribution in [3.63, 3.8) is 0 Å². The Labute approximate surface area is 126 Å². The lowest BCUT2D eigenvalue weighted by Gasteiger charge is -2.08. The largest absolute Gasteiger partial charge is 0.300 e. The molecule has 112 valence electrons. The van der Waals surface area contributed by atoms with Crippen LogP contribution in [0.2, 0.25) is 0 Å². The van der Waals surface area contributed by atoms with Crippen molar-refractivity contribution < 1.29 is 9.59 Å². The lowest BCUT2D eigenvalue weighted by molar-refractivity contribution is -0.120. The molecule has 0 fully saturated rings. The number of rotatable bonds is 12. The summed E-state index contributed by atoms with van der Waals surface area (Å²) in [5, 5.41) is 0. The predicted molar refractivity (Wildman–Crippen MR) is 87.7 cm³/mol. The van der Waals surface area contributed by atoms with Gasteiger partial charge < -0.3 is 4.79 Å². The Morgan fingerprint density at radius 1 is 1.00 bits per heavy atom. The number of carbonyl (C=O) groups excluding carboxylic acids is 2. The summed E-state index contributed by atoms with van der Waals surface area (Å²) in [5.41, 5.74) is 0. The SMILES string of the molecule is CC(=O)CC(C)CC(=O)CCCSSCCC(C)C. The van der Waals surface area contributed by atoms with Crippen LogP contribution in [-0.4, -0.2) is 23.1 Å². The van der Waals surface area contributed by atoms with Crippen LogP contribution in [0.1, 0.15) is 59.8 Å². The number of hydrogen-bond donors (Lipinski definition) is 0. The van der Waals surface area contributed by atoms with Crippen molar-refractivity contribution in [2.24, 2.45) is 11.8 Å². The molecular weight excluding hydrogens is 276 g/mol. The van der Waals surface area contributed by atoms with Crippen molar-refractivity contribution in [3.8, 4) is 0 Å². The summed E-state index contributed by atoms with van der Waals surface area (Å²) < 4.78 is 0. The maximum absolute atomic E-state index is 11.7. The molecule has 0 aliphatic carbocycles. The highest BCUT2D eigenvalue weighted by Crippen LogP contribution is 2.24. The van der Waals surface area contributed by atoms with Gasteiger partial charge in [-0.05, 0) is 31.6 Å². The van der Waals surface area contributed by atoms with E-state index in [0.29, 0.717) is 25.0 Å². The smallest absolute Gasteiger partial charge is 0.133 e. The Hall–Kier alpha value is 0.0400. The Bertz CT molecular complexity index is 265. The van der Waals surface area contributed by atoms with Crippen LogP contribution < -0.4 is 0 Å². The summed E-state index contributed by atoms with van der Waals surface area (Å²) in [6.07, 6.45) is 3.99. The third-order valence-corrected chi connectivity index (χ3v) is 5.28. The summed E-state index contributed by atoms with van der Waals surface area (Å²) in [4.78, 5) is 22.6. The zero-order chi connectivity index (χ0) is 14.7. The van der Waals surface area contributed by atoms with Gasteiger partial charge in [-0.1, -0.05) is 42.4 Å². The number of Topliss-reactive ketones (excluding diaryl/α,β-unsaturated/α-hetero) is 2. The molecule has 0 heterocycles. The Balaban J connectivity index is 3.41. The minimum atomic E-state index is 0.178. The van der Waals surface area contributed by atoms with E-state index in [1.807, 2.05) is 28.5 Å². The zero-order valence-electron chi connectivity index (χ0n) is 12.7. The van der Waals surface area contributed by atoms with Gasteiger partial charge in [0.15, 0.2) is 0 Å². The second kappa shape index (κ2) is 11.8. The fraction of sp³-hybridized carbons (Fsp3) is 0.867. The highest BCUT2D eigenvalue weighted by molar-refractivity contribution is 8.76. The second-order valence-electron chi connectivity index (χ2n) is 5.68. The van der Waals surface area contributed by atoms with Gasteiger partial charge >= 0.3 is 0 Å². The van der Waals surface area contributed by atoms with E-state index in [1.54, 1.807) is 6.92 Å². The number of ketones is 2. The highest BCUT2D eigenvalue weighted by atomic mass is 33.1. The fourth-order valence-electron chi connectivity index (χ4n) is 1.78. The third-order valence-electron chi connectivity index (χ3n) is 2.76. The minimum Gasteiger partial charge on any atom is -0.300 e. The van der Waals surface area contributed by atoms with E-state index < -0.39 is 0 Å². The molecule has 1 unspecified atom stereocenters. The van der Waals surface area contributed by atoms with Crippen molar-refractivity contribution >= 4 is 33.2 Å². The Kier molecular flexibility index (Phi) is 11.9. The lowest BCUT2D eigenvalue weighted by atomic mass is 9.97. The summed E-state index contributed by atoms with van der Waals surface area (Å²) in [6.45, 7) is 8.06. The molecule has 2 nitrogen and oxygen atoms in total. The molecule has 0 aliphatic heterocycles. The first kappa shape index (κ1) is 19.0. The van der Waals surface area contributed by atoms with E-state index in [-0.39, 0.29) is 11.7 Å². The van der Waals surface area contributed by atoms with Crippen molar-refractivity contribution in [2.75, 3.05) is 11.5 Å². The molecule has 0 aliphatic rings. The van der Waals surface area contributed by atoms with Crippen LogP contribution in [-0.2, 0) is 9.59 Å². The van der Waals surface area contributed by atoms with E-state index >= 15 is 0 Å². The van der Waals surface area contributed by atoms with Crippen LogP contribution in [0, 0.1) is 11.8 Å². The summed E-state index contributed by atoms with van der Waals surface area (Å²) in [7, 11) is 3.79. The number of carbonyl (C=O) groups is 2. The summed E-state index contributed by atoms with van der Waals surface area (Å²) in [5.74, 6) is 3.72. The molecule has 0 spiro atoms. The lowest BCUT2D eigenvalue weighted by Crippen LogP contribution is -2.08. The summed E-state index contributed by atoms with van der Waals surface area (Å²) in [6, 6.07) is 0. The van der Waals surface area contributed by atoms with Gasteiger partial charge in [-0.3, -0.25) is 4.79 Å². The Morgan fingerprint density at radius 2 is 1.63 bits per heavy atom. The Morgan fingerprint density at radius 3 is 2.21 bits per heavy atom. The van der Waals surface area contributed by atoms with Gasteiger partial charge in [-0.25, -0.2) is 0 Å². The molecule has 0 amide bonds. The predicted octanol–water partition coefficient (Wildman–Crippen LogP) is 4.77. The van der Waals surface area contributed by atoms with Gasteiger partial charge in [0.1, 0.15) is 11.6 Å². The summed E-state index contributed by atoms with van der Waals surface area (Å²) >= 11 is 0. The molecular formula is C15H28O2S2. The molecule has 0 aromatic rings. The third kappa shape index (κ3) is 14.3. The monoisotopic (exact) mass is 304 g/mol. The molecule has 0 rings (SSSR count). The van der Waals surface area contributed by atoms with Crippen LogP contribution in [0.4, 0.5) is 0 Å². The maximum atomic E-state index is 11.7. The average molecular weight is 305 g/mol. The molecule has 0 saturated heterocycles. The van der Waals surface area contributed by atoms with E-state index in [0.717, 1.165) is 18.1 Å². The molecule has 0 aromatic carbocycles. The second-order valence-corrected chi connectivity index (χ2v) is 8.39. The van der Waals surface area contributed by atoms with Gasteiger partial charge in [-0.2, -0.15) is 0 Å². The van der Waals surface area contributed by atoms with Crippen LogP contribution in [0.3, 0.4) is 0 Å². The van der Waals surface area contributed by atoms with E-state index in [1.165, 1.54) is 12.2 Å². The van der Waals surface area contributed by atoms with Crippen LogP contribution >= 0.6 is 21.6 Å². The topological polar surface area (TPSA) is 34.1 Å².